The number of Topliss-reactive ketones (excluding diaryl/α,β-unsaturated/α-hetero) is 1. The predicted octanol–water partition coefficient (Wildman–Crippen LogP) is 5.35. The van der Waals surface area contributed by atoms with E-state index in [1.165, 1.54) is 31.2 Å². The second kappa shape index (κ2) is 8.44. The van der Waals surface area contributed by atoms with Crippen LogP contribution in [0, 0.1) is 6.92 Å². The quantitative estimate of drug-likeness (QED) is 0.475. The highest BCUT2D eigenvalue weighted by molar-refractivity contribution is 7.90. The number of carbonyl (C=O) groups is 1. The van der Waals surface area contributed by atoms with Crippen LogP contribution in [0.2, 0.25) is 0 Å². The third-order valence-corrected chi connectivity index (χ3v) is 7.06. The summed E-state index contributed by atoms with van der Waals surface area (Å²) in [5.41, 5.74) is 1.24. The SMILES string of the molecule is Cc1nc2c(N3CCCCC3)cccc2c(-c2ccc(S(C)(=O)=O)cc2)c1C(=O)C(F)(F)F. The minimum Gasteiger partial charge on any atom is -0.370 e. The Morgan fingerprint density at radius 2 is 1.64 bits per heavy atom. The average molecular weight is 477 g/mol. The van der Waals surface area contributed by atoms with E-state index in [2.05, 4.69) is 9.88 Å². The minimum absolute atomic E-state index is 0.0172. The lowest BCUT2D eigenvalue weighted by Crippen LogP contribution is -2.30. The van der Waals surface area contributed by atoms with Crippen molar-refractivity contribution in [2.24, 2.45) is 0 Å². The van der Waals surface area contributed by atoms with E-state index in [1.807, 2.05) is 6.07 Å². The fraction of sp³-hybridized carbons (Fsp3) is 0.333. The van der Waals surface area contributed by atoms with E-state index in [0.717, 1.165) is 44.3 Å². The number of nitrogens with zero attached hydrogens (tertiary/aromatic N) is 2. The molecule has 0 radical (unpaired) electrons. The maximum atomic E-state index is 13.5. The molecule has 33 heavy (non-hydrogen) atoms. The second-order valence-electron chi connectivity index (χ2n) is 8.29. The lowest BCUT2D eigenvalue weighted by molar-refractivity contribution is -0.0885. The van der Waals surface area contributed by atoms with E-state index in [1.54, 1.807) is 12.1 Å². The van der Waals surface area contributed by atoms with Gasteiger partial charge in [-0.2, -0.15) is 13.2 Å². The number of halogens is 3. The van der Waals surface area contributed by atoms with E-state index >= 15 is 0 Å². The Morgan fingerprint density at radius 3 is 2.21 bits per heavy atom. The summed E-state index contributed by atoms with van der Waals surface area (Å²) in [6, 6.07) is 10.8. The molecule has 0 spiro atoms. The molecule has 1 saturated heterocycles. The van der Waals surface area contributed by atoms with Gasteiger partial charge in [0.05, 0.1) is 21.7 Å². The molecule has 1 fully saturated rings. The standard InChI is InChI=1S/C24H23F3N2O3S/c1-15-20(23(30)24(25,26)27)21(16-9-11-17(12-10-16)33(2,31)32)18-7-6-8-19(22(18)28-15)29-13-4-3-5-14-29/h6-12H,3-5,13-14H2,1-2H3. The summed E-state index contributed by atoms with van der Waals surface area (Å²) in [7, 11) is -3.49. The summed E-state index contributed by atoms with van der Waals surface area (Å²) in [5, 5.41) is 0.420. The van der Waals surface area contributed by atoms with E-state index in [4.69, 9.17) is 0 Å². The molecule has 0 bridgehead atoms. The van der Waals surface area contributed by atoms with Crippen LogP contribution in [0.1, 0.15) is 35.3 Å². The normalized spacial score (nSPS) is 15.1. The van der Waals surface area contributed by atoms with Crippen LogP contribution in [0.4, 0.5) is 18.9 Å². The number of carbonyl (C=O) groups excluding carboxylic acids is 1. The first kappa shape index (κ1) is 23.2. The predicted molar refractivity (Wildman–Crippen MR) is 121 cm³/mol. The fourth-order valence-electron chi connectivity index (χ4n) is 4.37. The molecule has 2 aromatic carbocycles. The topological polar surface area (TPSA) is 67.3 Å². The monoisotopic (exact) mass is 476 g/mol. The maximum absolute atomic E-state index is 13.5. The summed E-state index contributed by atoms with van der Waals surface area (Å²) in [6.07, 6.45) is -0.876. The van der Waals surface area contributed by atoms with Crippen LogP contribution < -0.4 is 4.90 Å². The Balaban J connectivity index is 2.03. The van der Waals surface area contributed by atoms with Crippen LogP contribution >= 0.6 is 0 Å². The van der Waals surface area contributed by atoms with Crippen molar-refractivity contribution in [2.75, 3.05) is 24.2 Å². The van der Waals surface area contributed by atoms with Crippen molar-refractivity contribution in [1.29, 1.82) is 0 Å². The van der Waals surface area contributed by atoms with Gasteiger partial charge in [-0.15, -0.1) is 0 Å². The van der Waals surface area contributed by atoms with Crippen molar-refractivity contribution >= 4 is 32.2 Å². The number of aromatic nitrogens is 1. The van der Waals surface area contributed by atoms with E-state index in [-0.39, 0.29) is 16.2 Å². The summed E-state index contributed by atoms with van der Waals surface area (Å²) < 4.78 is 64.3. The number of anilines is 1. The summed E-state index contributed by atoms with van der Waals surface area (Å²) >= 11 is 0. The third-order valence-electron chi connectivity index (χ3n) is 5.93. The molecule has 4 rings (SSSR count). The molecule has 174 valence electrons. The van der Waals surface area contributed by atoms with Gasteiger partial charge in [-0.05, 0) is 49.9 Å². The molecule has 0 aliphatic carbocycles. The van der Waals surface area contributed by atoms with Gasteiger partial charge in [-0.25, -0.2) is 8.42 Å². The molecule has 0 N–H and O–H groups in total. The van der Waals surface area contributed by atoms with Gasteiger partial charge in [0.1, 0.15) is 0 Å². The van der Waals surface area contributed by atoms with Crippen LogP contribution in [0.5, 0.6) is 0 Å². The van der Waals surface area contributed by atoms with Gasteiger partial charge < -0.3 is 4.90 Å². The van der Waals surface area contributed by atoms with Gasteiger partial charge in [-0.3, -0.25) is 9.78 Å². The van der Waals surface area contributed by atoms with Crippen molar-refractivity contribution in [3.05, 3.63) is 53.7 Å². The van der Waals surface area contributed by atoms with Crippen molar-refractivity contribution < 1.29 is 26.4 Å². The summed E-state index contributed by atoms with van der Waals surface area (Å²) in [6.45, 7) is 3.04. The first-order valence-corrected chi connectivity index (χ1v) is 12.5. The van der Waals surface area contributed by atoms with Crippen LogP contribution in [-0.2, 0) is 9.84 Å². The van der Waals surface area contributed by atoms with Crippen molar-refractivity contribution in [3.8, 4) is 11.1 Å². The number of fused-ring (bicyclic) bond motifs is 1. The van der Waals surface area contributed by atoms with Crippen LogP contribution in [-0.4, -0.2) is 44.7 Å². The number of sulfone groups is 1. The molecule has 1 aromatic heterocycles. The Kier molecular flexibility index (Phi) is 5.94. The summed E-state index contributed by atoms with van der Waals surface area (Å²) in [4.78, 5) is 19.1. The molecule has 1 aliphatic rings. The lowest BCUT2D eigenvalue weighted by atomic mass is 9.91. The highest BCUT2D eigenvalue weighted by atomic mass is 32.2. The molecular formula is C24H23F3N2O3S. The zero-order chi connectivity index (χ0) is 24.0. The third kappa shape index (κ3) is 4.46. The zero-order valence-electron chi connectivity index (χ0n) is 18.2. The number of pyridine rings is 1. The van der Waals surface area contributed by atoms with Gasteiger partial charge >= 0.3 is 6.18 Å². The van der Waals surface area contributed by atoms with Gasteiger partial charge in [0.25, 0.3) is 5.78 Å². The summed E-state index contributed by atoms with van der Waals surface area (Å²) in [5.74, 6) is -1.97. The number of para-hydroxylation sites is 1. The highest BCUT2D eigenvalue weighted by Crippen LogP contribution is 2.40. The molecule has 5 nitrogen and oxygen atoms in total. The molecule has 2 heterocycles. The molecule has 0 saturated carbocycles. The largest absolute Gasteiger partial charge is 0.454 e. The van der Waals surface area contributed by atoms with Crippen molar-refractivity contribution in [3.63, 3.8) is 0 Å². The Hall–Kier alpha value is -2.94. The minimum atomic E-state index is -5.08. The Bertz CT molecular complexity index is 1330. The molecule has 3 aromatic rings. The van der Waals surface area contributed by atoms with E-state index < -0.39 is 27.4 Å². The lowest BCUT2D eigenvalue weighted by Gasteiger charge is -2.30. The smallest absolute Gasteiger partial charge is 0.370 e. The average Bonchev–Trinajstić information content (AvgIpc) is 2.77. The van der Waals surface area contributed by atoms with Gasteiger partial charge in [-0.1, -0.05) is 24.3 Å². The van der Waals surface area contributed by atoms with Crippen molar-refractivity contribution in [2.45, 2.75) is 37.3 Å². The molecule has 0 atom stereocenters. The van der Waals surface area contributed by atoms with Crippen LogP contribution in [0.15, 0.2) is 47.4 Å². The Labute approximate surface area is 190 Å². The molecule has 9 heteroatoms. The molecular weight excluding hydrogens is 453 g/mol. The molecule has 0 amide bonds. The first-order valence-electron chi connectivity index (χ1n) is 10.6. The zero-order valence-corrected chi connectivity index (χ0v) is 19.1. The number of hydrogen-bond donors (Lipinski definition) is 0. The van der Waals surface area contributed by atoms with Crippen LogP contribution in [0.25, 0.3) is 22.0 Å². The van der Waals surface area contributed by atoms with E-state index in [0.29, 0.717) is 16.5 Å². The van der Waals surface area contributed by atoms with E-state index in [9.17, 15) is 26.4 Å². The van der Waals surface area contributed by atoms with Crippen LogP contribution in [0.3, 0.4) is 0 Å². The maximum Gasteiger partial charge on any atom is 0.454 e. The number of hydrogen-bond acceptors (Lipinski definition) is 5. The molecule has 1 aliphatic heterocycles. The Morgan fingerprint density at radius 1 is 1.00 bits per heavy atom. The first-order chi connectivity index (χ1) is 15.5. The fourth-order valence-corrected chi connectivity index (χ4v) is 5.00. The number of aryl methyl sites for hydroxylation is 1. The second-order valence-corrected chi connectivity index (χ2v) is 10.3. The molecule has 0 unspecified atom stereocenters. The number of piperidine rings is 1. The number of ketones is 1. The highest BCUT2D eigenvalue weighted by Gasteiger charge is 2.42. The number of alkyl halides is 3. The van der Waals surface area contributed by atoms with Crippen molar-refractivity contribution in [1.82, 2.24) is 4.98 Å². The van der Waals surface area contributed by atoms with Gasteiger partial charge in [0, 0.05) is 36.0 Å². The number of rotatable bonds is 4. The number of benzene rings is 2. The van der Waals surface area contributed by atoms with Gasteiger partial charge in [0.15, 0.2) is 9.84 Å². The van der Waals surface area contributed by atoms with Gasteiger partial charge in [0.2, 0.25) is 0 Å².